The molecule has 0 aliphatic heterocycles. The van der Waals surface area contributed by atoms with E-state index in [0.717, 1.165) is 19.3 Å². The zero-order valence-electron chi connectivity index (χ0n) is 12.3. The molecule has 1 saturated carbocycles. The number of rotatable bonds is 5. The molecule has 3 atom stereocenters. The monoisotopic (exact) mass is 300 g/mol. The summed E-state index contributed by atoms with van der Waals surface area (Å²) < 4.78 is 27.8. The number of sulfonamides is 1. The first-order chi connectivity index (χ1) is 9.44. The molecule has 1 fully saturated rings. The minimum Gasteiger partial charge on any atom is -0.316 e. The van der Waals surface area contributed by atoms with Gasteiger partial charge in [-0.2, -0.15) is 5.10 Å². The number of nitrogens with one attached hydrogen (secondary N) is 3. The molecule has 1 aromatic heterocycles. The van der Waals surface area contributed by atoms with Gasteiger partial charge in [-0.3, -0.25) is 5.10 Å². The van der Waals surface area contributed by atoms with Crippen molar-refractivity contribution in [3.8, 4) is 0 Å². The average Bonchev–Trinajstić information content (AvgIpc) is 2.82. The predicted octanol–water partition coefficient (Wildman–Crippen LogP) is 1.23. The molecule has 0 bridgehead atoms. The highest BCUT2D eigenvalue weighted by molar-refractivity contribution is 7.89. The van der Waals surface area contributed by atoms with Gasteiger partial charge in [0.05, 0.1) is 6.20 Å². The average molecular weight is 300 g/mol. The quantitative estimate of drug-likeness (QED) is 0.763. The van der Waals surface area contributed by atoms with Gasteiger partial charge in [-0.05, 0) is 38.1 Å². The van der Waals surface area contributed by atoms with E-state index in [0.29, 0.717) is 23.9 Å². The SMILES string of the molecule is CNCc1cn[nH]c1S(=O)(=O)NC1CCC(C)CC1C. The summed E-state index contributed by atoms with van der Waals surface area (Å²) in [6, 6.07) is 0.0157. The van der Waals surface area contributed by atoms with Gasteiger partial charge in [0.2, 0.25) is 0 Å². The Balaban J connectivity index is 2.13. The van der Waals surface area contributed by atoms with Gasteiger partial charge in [-0.25, -0.2) is 13.1 Å². The molecule has 1 aliphatic rings. The Morgan fingerprint density at radius 3 is 2.80 bits per heavy atom. The molecule has 114 valence electrons. The van der Waals surface area contributed by atoms with Crippen molar-refractivity contribution >= 4 is 10.0 Å². The highest BCUT2D eigenvalue weighted by atomic mass is 32.2. The Labute approximate surface area is 120 Å². The number of aromatic nitrogens is 2. The molecule has 20 heavy (non-hydrogen) atoms. The molecule has 0 amide bonds. The lowest BCUT2D eigenvalue weighted by Crippen LogP contribution is -2.42. The Morgan fingerprint density at radius 1 is 1.40 bits per heavy atom. The first-order valence-electron chi connectivity index (χ1n) is 7.13. The van der Waals surface area contributed by atoms with Crippen LogP contribution < -0.4 is 10.0 Å². The smallest absolute Gasteiger partial charge is 0.258 e. The minimum absolute atomic E-state index is 0.0157. The highest BCUT2D eigenvalue weighted by Crippen LogP contribution is 2.29. The Bertz CT molecular complexity index is 540. The molecule has 0 aromatic carbocycles. The Morgan fingerprint density at radius 2 is 2.15 bits per heavy atom. The molecular weight excluding hydrogens is 276 g/mol. The molecule has 3 N–H and O–H groups in total. The predicted molar refractivity (Wildman–Crippen MR) is 77.6 cm³/mol. The van der Waals surface area contributed by atoms with Crippen LogP contribution in [0.2, 0.25) is 0 Å². The fourth-order valence-electron chi connectivity index (χ4n) is 2.95. The lowest BCUT2D eigenvalue weighted by atomic mass is 9.80. The molecule has 0 spiro atoms. The van der Waals surface area contributed by atoms with Gasteiger partial charge in [0, 0.05) is 18.2 Å². The van der Waals surface area contributed by atoms with Gasteiger partial charge in [0.15, 0.2) is 5.03 Å². The van der Waals surface area contributed by atoms with Crippen LogP contribution in [0.4, 0.5) is 0 Å². The lowest BCUT2D eigenvalue weighted by molar-refractivity contribution is 0.249. The number of hydrogen-bond donors (Lipinski definition) is 3. The molecule has 1 aromatic rings. The molecule has 1 heterocycles. The minimum atomic E-state index is -3.53. The van der Waals surface area contributed by atoms with Crippen molar-refractivity contribution < 1.29 is 8.42 Å². The van der Waals surface area contributed by atoms with E-state index < -0.39 is 10.0 Å². The number of aromatic amines is 1. The summed E-state index contributed by atoms with van der Waals surface area (Å²) in [5.74, 6) is 1.04. The van der Waals surface area contributed by atoms with Crippen LogP contribution in [0.15, 0.2) is 11.2 Å². The van der Waals surface area contributed by atoms with E-state index in [9.17, 15) is 8.42 Å². The third kappa shape index (κ3) is 3.39. The van der Waals surface area contributed by atoms with Crippen LogP contribution in [0.25, 0.3) is 0 Å². The van der Waals surface area contributed by atoms with Crippen molar-refractivity contribution in [2.45, 2.75) is 50.7 Å². The zero-order valence-corrected chi connectivity index (χ0v) is 13.1. The first-order valence-corrected chi connectivity index (χ1v) is 8.61. The van der Waals surface area contributed by atoms with Crippen LogP contribution in [-0.4, -0.2) is 31.7 Å². The van der Waals surface area contributed by atoms with Crippen molar-refractivity contribution in [1.82, 2.24) is 20.2 Å². The molecule has 1 aliphatic carbocycles. The molecule has 7 heteroatoms. The fourth-order valence-corrected chi connectivity index (χ4v) is 4.46. The van der Waals surface area contributed by atoms with Gasteiger partial charge in [0.1, 0.15) is 0 Å². The molecule has 0 saturated heterocycles. The van der Waals surface area contributed by atoms with Crippen LogP contribution in [0.1, 0.15) is 38.7 Å². The Kier molecular flexibility index (Phi) is 4.82. The van der Waals surface area contributed by atoms with Crippen LogP contribution >= 0.6 is 0 Å². The van der Waals surface area contributed by atoms with E-state index in [2.05, 4.69) is 34.1 Å². The van der Waals surface area contributed by atoms with Gasteiger partial charge < -0.3 is 5.32 Å². The fraction of sp³-hybridized carbons (Fsp3) is 0.769. The Hall–Kier alpha value is -0.920. The second kappa shape index (κ2) is 6.24. The molecule has 3 unspecified atom stereocenters. The van der Waals surface area contributed by atoms with Gasteiger partial charge >= 0.3 is 0 Å². The van der Waals surface area contributed by atoms with Gasteiger partial charge in [-0.15, -0.1) is 0 Å². The van der Waals surface area contributed by atoms with Gasteiger partial charge in [0.25, 0.3) is 10.0 Å². The second-order valence-electron chi connectivity index (χ2n) is 5.88. The van der Waals surface area contributed by atoms with Crippen LogP contribution in [0.3, 0.4) is 0 Å². The summed E-state index contributed by atoms with van der Waals surface area (Å²) in [4.78, 5) is 0. The maximum Gasteiger partial charge on any atom is 0.258 e. The number of hydrogen-bond acceptors (Lipinski definition) is 4. The van der Waals surface area contributed by atoms with E-state index in [1.807, 2.05) is 0 Å². The van der Waals surface area contributed by atoms with Crippen molar-refractivity contribution in [3.63, 3.8) is 0 Å². The molecule has 2 rings (SSSR count). The van der Waals surface area contributed by atoms with E-state index in [1.54, 1.807) is 13.2 Å². The summed E-state index contributed by atoms with van der Waals surface area (Å²) in [6.45, 7) is 4.81. The lowest BCUT2D eigenvalue weighted by Gasteiger charge is -2.32. The van der Waals surface area contributed by atoms with Gasteiger partial charge in [-0.1, -0.05) is 13.8 Å². The summed E-state index contributed by atoms with van der Waals surface area (Å²) in [5, 5.41) is 9.58. The maximum atomic E-state index is 12.5. The third-order valence-electron chi connectivity index (χ3n) is 4.05. The standard InChI is InChI=1S/C13H24N4O2S/c1-9-4-5-12(10(2)6-9)17-20(18,19)13-11(7-14-3)8-15-16-13/h8-10,12,14,17H,4-7H2,1-3H3,(H,15,16). The summed E-state index contributed by atoms with van der Waals surface area (Å²) in [7, 11) is -1.75. The normalized spacial score (nSPS) is 27.6. The van der Waals surface area contributed by atoms with Crippen molar-refractivity contribution in [1.29, 1.82) is 0 Å². The molecule has 6 nitrogen and oxygen atoms in total. The van der Waals surface area contributed by atoms with E-state index in [4.69, 9.17) is 0 Å². The summed E-state index contributed by atoms with van der Waals surface area (Å²) in [5.41, 5.74) is 0.664. The van der Waals surface area contributed by atoms with Crippen molar-refractivity contribution in [2.75, 3.05) is 7.05 Å². The summed E-state index contributed by atoms with van der Waals surface area (Å²) >= 11 is 0. The molecule has 0 radical (unpaired) electrons. The number of H-pyrrole nitrogens is 1. The van der Waals surface area contributed by atoms with Crippen LogP contribution in [-0.2, 0) is 16.6 Å². The maximum absolute atomic E-state index is 12.5. The number of nitrogens with zero attached hydrogens (tertiary/aromatic N) is 1. The van der Waals surface area contributed by atoms with E-state index in [1.165, 1.54) is 0 Å². The van der Waals surface area contributed by atoms with E-state index >= 15 is 0 Å². The molecular formula is C13H24N4O2S. The van der Waals surface area contributed by atoms with Crippen LogP contribution in [0.5, 0.6) is 0 Å². The highest BCUT2D eigenvalue weighted by Gasteiger charge is 2.30. The third-order valence-corrected chi connectivity index (χ3v) is 5.56. The zero-order chi connectivity index (χ0) is 14.8. The topological polar surface area (TPSA) is 86.9 Å². The second-order valence-corrected chi connectivity index (χ2v) is 7.53. The van der Waals surface area contributed by atoms with Crippen molar-refractivity contribution in [3.05, 3.63) is 11.8 Å². The summed E-state index contributed by atoms with van der Waals surface area (Å²) in [6.07, 6.45) is 4.60. The largest absolute Gasteiger partial charge is 0.316 e. The van der Waals surface area contributed by atoms with Crippen molar-refractivity contribution in [2.24, 2.45) is 11.8 Å². The first kappa shape index (κ1) is 15.5. The van der Waals surface area contributed by atoms with Crippen LogP contribution in [0, 0.1) is 11.8 Å². The van der Waals surface area contributed by atoms with E-state index in [-0.39, 0.29) is 11.1 Å².